The first kappa shape index (κ1) is 11.6. The number of halogens is 1. The molecule has 5 nitrogen and oxygen atoms in total. The Hall–Kier alpha value is -1.43. The van der Waals surface area contributed by atoms with Crippen LogP contribution in [-0.2, 0) is 0 Å². The molecule has 5 N–H and O–H groups in total. The Morgan fingerprint density at radius 3 is 2.31 bits per heavy atom. The van der Waals surface area contributed by atoms with Crippen LogP contribution in [0.15, 0.2) is 12.1 Å². The van der Waals surface area contributed by atoms with Crippen LogP contribution in [-0.4, -0.2) is 21.3 Å². The van der Waals surface area contributed by atoms with Gasteiger partial charge in [0.25, 0.3) is 0 Å². The Morgan fingerprint density at radius 2 is 1.85 bits per heavy atom. The van der Waals surface area contributed by atoms with Gasteiger partial charge in [-0.05, 0) is 12.1 Å². The predicted molar refractivity (Wildman–Crippen MR) is 51.5 cm³/mol. The number of aromatic carboxylic acids is 1. The molecule has 0 aliphatic heterocycles. The minimum atomic E-state index is -1.25. The summed E-state index contributed by atoms with van der Waals surface area (Å²) < 4.78 is 0. The number of aromatic hydroxyl groups is 2. The van der Waals surface area contributed by atoms with Crippen molar-refractivity contribution in [3.05, 3.63) is 17.7 Å². The molecular weight excluding hydrogens is 242 g/mol. The normalized spacial score (nSPS) is 8.92. The summed E-state index contributed by atoms with van der Waals surface area (Å²) in [6.07, 6.45) is 0. The van der Waals surface area contributed by atoms with Crippen LogP contribution in [0.1, 0.15) is 10.4 Å². The van der Waals surface area contributed by atoms with E-state index in [1.165, 1.54) is 0 Å². The first-order valence-corrected chi connectivity index (χ1v) is 3.07. The second kappa shape index (κ2) is 3.99. The third-order valence-corrected chi connectivity index (χ3v) is 1.43. The minimum Gasteiger partial charge on any atom is -0.504 e. The lowest BCUT2D eigenvalue weighted by Crippen LogP contribution is -2.01. The number of rotatable bonds is 1. The Labute approximate surface area is 84.2 Å². The van der Waals surface area contributed by atoms with E-state index >= 15 is 0 Å². The number of nitrogen functional groups attached to an aromatic ring is 1. The van der Waals surface area contributed by atoms with E-state index in [9.17, 15) is 4.79 Å². The van der Waals surface area contributed by atoms with Gasteiger partial charge >= 0.3 is 5.97 Å². The average molecular weight is 250 g/mol. The SMILES string of the molecule is Br.Nc1c(C(=O)O)ccc(O)c1O. The largest absolute Gasteiger partial charge is 0.504 e. The lowest BCUT2D eigenvalue weighted by Gasteiger charge is -2.03. The Morgan fingerprint density at radius 1 is 1.31 bits per heavy atom. The number of carboxylic acid groups (broad SMARTS) is 1. The molecule has 72 valence electrons. The van der Waals surface area contributed by atoms with Crippen LogP contribution in [0.25, 0.3) is 0 Å². The highest BCUT2D eigenvalue weighted by Gasteiger charge is 2.13. The molecule has 1 aromatic carbocycles. The molecule has 13 heavy (non-hydrogen) atoms. The number of carboxylic acids is 1. The van der Waals surface area contributed by atoms with Gasteiger partial charge in [-0.2, -0.15) is 0 Å². The summed E-state index contributed by atoms with van der Waals surface area (Å²) in [5, 5.41) is 26.4. The molecule has 0 aliphatic carbocycles. The number of hydrogen-bond acceptors (Lipinski definition) is 4. The standard InChI is InChI=1S/C7H7NO4.BrH/c8-5-3(7(11)12)1-2-4(9)6(5)10;/h1-2,9-10H,8H2,(H,11,12);1H. The molecule has 0 aliphatic rings. The molecule has 0 radical (unpaired) electrons. The predicted octanol–water partition coefficient (Wildman–Crippen LogP) is 0.956. The molecule has 0 fully saturated rings. The van der Waals surface area contributed by atoms with Crippen molar-refractivity contribution in [2.24, 2.45) is 0 Å². The first-order valence-electron chi connectivity index (χ1n) is 3.07. The maximum absolute atomic E-state index is 10.4. The van der Waals surface area contributed by atoms with Gasteiger partial charge in [-0.1, -0.05) is 0 Å². The fraction of sp³-hybridized carbons (Fsp3) is 0. The number of nitrogens with two attached hydrogens (primary N) is 1. The summed E-state index contributed by atoms with van der Waals surface area (Å²) in [4.78, 5) is 10.4. The van der Waals surface area contributed by atoms with E-state index in [4.69, 9.17) is 21.1 Å². The summed E-state index contributed by atoms with van der Waals surface area (Å²) in [5.74, 6) is -2.28. The smallest absolute Gasteiger partial charge is 0.337 e. The number of benzene rings is 1. The number of phenols is 2. The van der Waals surface area contributed by atoms with Gasteiger partial charge in [0.2, 0.25) is 0 Å². The van der Waals surface area contributed by atoms with Crippen molar-refractivity contribution in [1.82, 2.24) is 0 Å². The molecule has 0 saturated carbocycles. The van der Waals surface area contributed by atoms with Crippen molar-refractivity contribution in [3.8, 4) is 11.5 Å². The summed E-state index contributed by atoms with van der Waals surface area (Å²) >= 11 is 0. The van der Waals surface area contributed by atoms with Gasteiger partial charge in [0.15, 0.2) is 11.5 Å². The molecule has 0 spiro atoms. The third kappa shape index (κ3) is 2.03. The summed E-state index contributed by atoms with van der Waals surface area (Å²) in [6.45, 7) is 0. The fourth-order valence-corrected chi connectivity index (χ4v) is 0.783. The van der Waals surface area contributed by atoms with Crippen LogP contribution in [0, 0.1) is 0 Å². The molecule has 0 saturated heterocycles. The molecule has 1 rings (SSSR count). The van der Waals surface area contributed by atoms with E-state index in [0.717, 1.165) is 12.1 Å². The molecule has 0 atom stereocenters. The van der Waals surface area contributed by atoms with Crippen molar-refractivity contribution in [2.75, 3.05) is 5.73 Å². The monoisotopic (exact) mass is 249 g/mol. The van der Waals surface area contributed by atoms with Gasteiger partial charge in [-0.25, -0.2) is 4.79 Å². The zero-order chi connectivity index (χ0) is 9.30. The highest BCUT2D eigenvalue weighted by atomic mass is 79.9. The van der Waals surface area contributed by atoms with E-state index in [1.807, 2.05) is 0 Å². The number of carbonyl (C=O) groups is 1. The van der Waals surface area contributed by atoms with Gasteiger partial charge < -0.3 is 21.1 Å². The number of phenolic OH excluding ortho intramolecular Hbond substituents is 2. The molecular formula is C7H8BrNO4. The second-order valence-electron chi connectivity index (χ2n) is 2.20. The Balaban J connectivity index is 0.00000144. The lowest BCUT2D eigenvalue weighted by atomic mass is 10.1. The van der Waals surface area contributed by atoms with Gasteiger partial charge in [0, 0.05) is 0 Å². The average Bonchev–Trinajstić information content (AvgIpc) is 2.00. The van der Waals surface area contributed by atoms with Crippen LogP contribution < -0.4 is 5.73 Å². The highest BCUT2D eigenvalue weighted by Crippen LogP contribution is 2.33. The van der Waals surface area contributed by atoms with Crippen molar-refractivity contribution in [2.45, 2.75) is 0 Å². The number of anilines is 1. The number of hydrogen-bond donors (Lipinski definition) is 4. The van der Waals surface area contributed by atoms with E-state index in [1.54, 1.807) is 0 Å². The molecule has 0 heterocycles. The van der Waals surface area contributed by atoms with Crippen molar-refractivity contribution < 1.29 is 20.1 Å². The molecule has 0 bridgehead atoms. The summed E-state index contributed by atoms with van der Waals surface area (Å²) in [6, 6.07) is 2.18. The van der Waals surface area contributed by atoms with E-state index in [2.05, 4.69) is 0 Å². The van der Waals surface area contributed by atoms with Gasteiger partial charge in [0.05, 0.1) is 11.3 Å². The molecule has 1 aromatic rings. The van der Waals surface area contributed by atoms with E-state index in [-0.39, 0.29) is 28.2 Å². The zero-order valence-electron chi connectivity index (χ0n) is 6.39. The maximum Gasteiger partial charge on any atom is 0.337 e. The topological polar surface area (TPSA) is 104 Å². The lowest BCUT2D eigenvalue weighted by molar-refractivity contribution is 0.0697. The second-order valence-corrected chi connectivity index (χ2v) is 2.20. The van der Waals surface area contributed by atoms with Crippen LogP contribution >= 0.6 is 17.0 Å². The van der Waals surface area contributed by atoms with Gasteiger partial charge in [-0.3, -0.25) is 0 Å². The zero-order valence-corrected chi connectivity index (χ0v) is 8.10. The van der Waals surface area contributed by atoms with Crippen LogP contribution in [0.5, 0.6) is 11.5 Å². The van der Waals surface area contributed by atoms with Gasteiger partial charge in [-0.15, -0.1) is 17.0 Å². The molecule has 0 aromatic heterocycles. The van der Waals surface area contributed by atoms with Crippen LogP contribution in [0.4, 0.5) is 5.69 Å². The fourth-order valence-electron chi connectivity index (χ4n) is 0.783. The van der Waals surface area contributed by atoms with Crippen LogP contribution in [0.2, 0.25) is 0 Å². The van der Waals surface area contributed by atoms with Crippen molar-refractivity contribution in [3.63, 3.8) is 0 Å². The first-order chi connectivity index (χ1) is 5.54. The molecule has 0 unspecified atom stereocenters. The Kier molecular flexibility index (Phi) is 3.55. The van der Waals surface area contributed by atoms with E-state index in [0.29, 0.717) is 0 Å². The minimum absolute atomic E-state index is 0. The molecule has 6 heteroatoms. The summed E-state index contributed by atoms with van der Waals surface area (Å²) in [5.41, 5.74) is 4.63. The maximum atomic E-state index is 10.4. The summed E-state index contributed by atoms with van der Waals surface area (Å²) in [7, 11) is 0. The third-order valence-electron chi connectivity index (χ3n) is 1.43. The molecule has 0 amide bonds. The van der Waals surface area contributed by atoms with E-state index < -0.39 is 17.5 Å². The van der Waals surface area contributed by atoms with Crippen LogP contribution in [0.3, 0.4) is 0 Å². The highest BCUT2D eigenvalue weighted by molar-refractivity contribution is 8.93. The van der Waals surface area contributed by atoms with Gasteiger partial charge in [0.1, 0.15) is 0 Å². The quantitative estimate of drug-likeness (QED) is 0.439. The Bertz CT molecular complexity index is 340. The van der Waals surface area contributed by atoms with Crippen molar-refractivity contribution in [1.29, 1.82) is 0 Å². The van der Waals surface area contributed by atoms with Crippen molar-refractivity contribution >= 4 is 28.6 Å².